The third kappa shape index (κ3) is 1.97. The standard InChI is InChI=1S/C17H27N3/c1-2-3-4-15-10-16(18)20(19-15)17-13-6-11-5-12(8-13)9-14(17)7-11/h10-14,17H,2-9,18H2,1H3. The lowest BCUT2D eigenvalue weighted by molar-refractivity contribution is -0.0328. The highest BCUT2D eigenvalue weighted by molar-refractivity contribution is 5.32. The van der Waals surface area contributed by atoms with E-state index in [0.29, 0.717) is 6.04 Å². The van der Waals surface area contributed by atoms with Gasteiger partial charge >= 0.3 is 0 Å². The van der Waals surface area contributed by atoms with E-state index in [1.165, 1.54) is 50.6 Å². The molecule has 2 N–H and O–H groups in total. The van der Waals surface area contributed by atoms with Gasteiger partial charge in [0.25, 0.3) is 0 Å². The summed E-state index contributed by atoms with van der Waals surface area (Å²) in [5, 5.41) is 4.89. The average Bonchev–Trinajstić information content (AvgIpc) is 2.76. The smallest absolute Gasteiger partial charge is 0.122 e. The number of nitrogens with two attached hydrogens (primary N) is 1. The highest BCUT2D eigenvalue weighted by Crippen LogP contribution is 2.58. The highest BCUT2D eigenvalue weighted by atomic mass is 15.3. The van der Waals surface area contributed by atoms with E-state index in [9.17, 15) is 0 Å². The maximum absolute atomic E-state index is 6.29. The van der Waals surface area contributed by atoms with Crippen LogP contribution < -0.4 is 5.73 Å². The molecule has 4 saturated carbocycles. The number of aryl methyl sites for hydroxylation is 1. The molecule has 0 radical (unpaired) electrons. The van der Waals surface area contributed by atoms with Gasteiger partial charge in [0.1, 0.15) is 5.82 Å². The van der Waals surface area contributed by atoms with Gasteiger partial charge in [-0.15, -0.1) is 0 Å². The molecular weight excluding hydrogens is 246 g/mol. The molecule has 4 fully saturated rings. The van der Waals surface area contributed by atoms with Crippen molar-refractivity contribution in [1.29, 1.82) is 0 Å². The van der Waals surface area contributed by atoms with Crippen LogP contribution in [0.1, 0.15) is 63.6 Å². The maximum Gasteiger partial charge on any atom is 0.122 e. The predicted octanol–water partition coefficient (Wildman–Crippen LogP) is 3.81. The number of aromatic nitrogens is 2. The monoisotopic (exact) mass is 273 g/mol. The van der Waals surface area contributed by atoms with Gasteiger partial charge in [0.15, 0.2) is 0 Å². The minimum atomic E-state index is 0.609. The van der Waals surface area contributed by atoms with E-state index in [-0.39, 0.29) is 0 Å². The SMILES string of the molecule is CCCCc1cc(N)n(C2C3CC4CC(C3)CC2C4)n1. The molecule has 0 aromatic carbocycles. The molecule has 5 rings (SSSR count). The van der Waals surface area contributed by atoms with Crippen molar-refractivity contribution in [2.45, 2.75) is 64.3 Å². The van der Waals surface area contributed by atoms with Crippen molar-refractivity contribution in [2.24, 2.45) is 23.7 Å². The van der Waals surface area contributed by atoms with E-state index in [2.05, 4.69) is 17.7 Å². The van der Waals surface area contributed by atoms with Crippen LogP contribution >= 0.6 is 0 Å². The van der Waals surface area contributed by atoms with Crippen LogP contribution in [0.2, 0.25) is 0 Å². The summed E-state index contributed by atoms with van der Waals surface area (Å²) in [6.45, 7) is 2.23. The number of rotatable bonds is 4. The molecule has 110 valence electrons. The van der Waals surface area contributed by atoms with E-state index >= 15 is 0 Å². The van der Waals surface area contributed by atoms with Crippen molar-refractivity contribution < 1.29 is 0 Å². The summed E-state index contributed by atoms with van der Waals surface area (Å²) >= 11 is 0. The molecule has 0 atom stereocenters. The number of hydrogen-bond donors (Lipinski definition) is 1. The summed E-state index contributed by atoms with van der Waals surface area (Å²) in [6.07, 6.45) is 10.8. The highest BCUT2D eigenvalue weighted by Gasteiger charge is 2.49. The third-order valence-corrected chi connectivity index (χ3v) is 6.06. The molecule has 0 spiro atoms. The molecule has 1 aromatic rings. The van der Waals surface area contributed by atoms with Crippen LogP contribution in [0.5, 0.6) is 0 Å². The second-order valence-corrected chi connectivity index (χ2v) is 7.53. The zero-order valence-corrected chi connectivity index (χ0v) is 12.6. The molecule has 20 heavy (non-hydrogen) atoms. The summed E-state index contributed by atoms with van der Waals surface area (Å²) < 4.78 is 2.22. The number of nitrogens with zero attached hydrogens (tertiary/aromatic N) is 2. The quantitative estimate of drug-likeness (QED) is 0.906. The Bertz CT molecular complexity index is 462. The van der Waals surface area contributed by atoms with Crippen LogP contribution in [0.4, 0.5) is 5.82 Å². The molecule has 4 aliphatic carbocycles. The van der Waals surface area contributed by atoms with Gasteiger partial charge in [0.05, 0.1) is 11.7 Å². The minimum Gasteiger partial charge on any atom is -0.384 e. The van der Waals surface area contributed by atoms with Crippen LogP contribution in [0, 0.1) is 23.7 Å². The van der Waals surface area contributed by atoms with Crippen molar-refractivity contribution in [3.8, 4) is 0 Å². The van der Waals surface area contributed by atoms with E-state index in [1.807, 2.05) is 0 Å². The van der Waals surface area contributed by atoms with Crippen LogP contribution in [0.3, 0.4) is 0 Å². The largest absolute Gasteiger partial charge is 0.384 e. The Balaban J connectivity index is 1.59. The molecule has 4 bridgehead atoms. The van der Waals surface area contributed by atoms with Crippen LogP contribution in [-0.4, -0.2) is 9.78 Å². The first-order valence-electron chi connectivity index (χ1n) is 8.58. The number of anilines is 1. The summed E-state index contributed by atoms with van der Waals surface area (Å²) in [5.74, 6) is 4.66. The summed E-state index contributed by atoms with van der Waals surface area (Å²) in [5.41, 5.74) is 7.50. The topological polar surface area (TPSA) is 43.8 Å². The van der Waals surface area contributed by atoms with Gasteiger partial charge in [-0.3, -0.25) is 0 Å². The molecule has 0 unspecified atom stereocenters. The normalized spacial score (nSPS) is 38.5. The molecule has 0 aliphatic heterocycles. The Labute approximate surface area is 121 Å². The van der Waals surface area contributed by atoms with Crippen LogP contribution in [0.25, 0.3) is 0 Å². The fourth-order valence-electron chi connectivity index (χ4n) is 5.48. The Kier molecular flexibility index (Phi) is 3.04. The van der Waals surface area contributed by atoms with Gasteiger partial charge in [-0.1, -0.05) is 13.3 Å². The van der Waals surface area contributed by atoms with Crippen molar-refractivity contribution in [3.63, 3.8) is 0 Å². The lowest BCUT2D eigenvalue weighted by Crippen LogP contribution is -2.46. The number of unbranched alkanes of at least 4 members (excludes halogenated alkanes) is 1. The summed E-state index contributed by atoms with van der Waals surface area (Å²) in [7, 11) is 0. The van der Waals surface area contributed by atoms with Gasteiger partial charge in [-0.2, -0.15) is 5.10 Å². The third-order valence-electron chi connectivity index (χ3n) is 6.06. The fraction of sp³-hybridized carbons (Fsp3) is 0.824. The van der Waals surface area contributed by atoms with Crippen LogP contribution in [0.15, 0.2) is 6.07 Å². The van der Waals surface area contributed by atoms with Gasteiger partial charge in [0.2, 0.25) is 0 Å². The molecule has 3 nitrogen and oxygen atoms in total. The van der Waals surface area contributed by atoms with E-state index in [0.717, 1.165) is 35.9 Å². The Morgan fingerprint density at radius 1 is 1.15 bits per heavy atom. The number of hydrogen-bond acceptors (Lipinski definition) is 2. The molecule has 4 aliphatic rings. The van der Waals surface area contributed by atoms with Crippen molar-refractivity contribution >= 4 is 5.82 Å². The van der Waals surface area contributed by atoms with Gasteiger partial charge in [-0.05, 0) is 68.6 Å². The van der Waals surface area contributed by atoms with Crippen molar-refractivity contribution in [2.75, 3.05) is 5.73 Å². The Morgan fingerprint density at radius 3 is 2.40 bits per heavy atom. The molecule has 1 aromatic heterocycles. The fourth-order valence-corrected chi connectivity index (χ4v) is 5.48. The van der Waals surface area contributed by atoms with Gasteiger partial charge < -0.3 is 5.73 Å². The van der Waals surface area contributed by atoms with Gasteiger partial charge in [-0.25, -0.2) is 4.68 Å². The molecule has 1 heterocycles. The number of nitrogen functional groups attached to an aromatic ring is 1. The van der Waals surface area contributed by atoms with Gasteiger partial charge in [0, 0.05) is 6.07 Å². The average molecular weight is 273 g/mol. The van der Waals surface area contributed by atoms with Crippen molar-refractivity contribution in [1.82, 2.24) is 9.78 Å². The molecule has 3 heteroatoms. The zero-order valence-electron chi connectivity index (χ0n) is 12.6. The first-order valence-corrected chi connectivity index (χ1v) is 8.58. The summed E-state index contributed by atoms with van der Waals surface area (Å²) in [6, 6.07) is 2.74. The Hall–Kier alpha value is -0.990. The summed E-state index contributed by atoms with van der Waals surface area (Å²) in [4.78, 5) is 0. The van der Waals surface area contributed by atoms with E-state index in [1.54, 1.807) is 0 Å². The predicted molar refractivity (Wildman–Crippen MR) is 81.3 cm³/mol. The Morgan fingerprint density at radius 2 is 1.80 bits per heavy atom. The second-order valence-electron chi connectivity index (χ2n) is 7.53. The zero-order chi connectivity index (χ0) is 13.7. The first kappa shape index (κ1) is 12.7. The molecule has 0 amide bonds. The minimum absolute atomic E-state index is 0.609. The second kappa shape index (κ2) is 4.78. The lowest BCUT2D eigenvalue weighted by atomic mass is 9.54. The lowest BCUT2D eigenvalue weighted by Gasteiger charge is -2.54. The van der Waals surface area contributed by atoms with Crippen LogP contribution in [-0.2, 0) is 6.42 Å². The van der Waals surface area contributed by atoms with E-state index < -0.39 is 0 Å². The molecule has 0 saturated heterocycles. The molecular formula is C17H27N3. The first-order chi connectivity index (χ1) is 9.74. The maximum atomic E-state index is 6.29. The van der Waals surface area contributed by atoms with E-state index in [4.69, 9.17) is 10.8 Å². The van der Waals surface area contributed by atoms with Crippen molar-refractivity contribution in [3.05, 3.63) is 11.8 Å².